The highest BCUT2D eigenvalue weighted by molar-refractivity contribution is 7.98. The predicted octanol–water partition coefficient (Wildman–Crippen LogP) is 3.15. The van der Waals surface area contributed by atoms with Crippen LogP contribution in [-0.2, 0) is 0 Å². The summed E-state index contributed by atoms with van der Waals surface area (Å²) in [6.45, 7) is 1.84. The second-order valence-corrected chi connectivity index (χ2v) is 4.00. The Morgan fingerprint density at radius 1 is 1.58 bits per heavy atom. The van der Waals surface area contributed by atoms with E-state index in [0.29, 0.717) is 10.3 Å². The van der Waals surface area contributed by atoms with Gasteiger partial charge in [-0.25, -0.2) is 9.97 Å². The van der Waals surface area contributed by atoms with Gasteiger partial charge < -0.3 is 0 Å². The molecule has 0 saturated carbocycles. The SMILES string of the molecule is CSc1ncc(C(C)Cl)c(Cl)n1. The van der Waals surface area contributed by atoms with Crippen LogP contribution >= 0.6 is 35.0 Å². The molecule has 0 radical (unpaired) electrons. The maximum Gasteiger partial charge on any atom is 0.188 e. The van der Waals surface area contributed by atoms with E-state index in [-0.39, 0.29) is 5.38 Å². The summed E-state index contributed by atoms with van der Waals surface area (Å²) >= 11 is 13.1. The number of thioether (sulfide) groups is 1. The third-order valence-electron chi connectivity index (χ3n) is 1.36. The highest BCUT2D eigenvalue weighted by Crippen LogP contribution is 2.26. The average molecular weight is 223 g/mol. The zero-order valence-corrected chi connectivity index (χ0v) is 9.04. The summed E-state index contributed by atoms with van der Waals surface area (Å²) in [5.41, 5.74) is 0.774. The first-order valence-electron chi connectivity index (χ1n) is 3.35. The van der Waals surface area contributed by atoms with Gasteiger partial charge in [-0.15, -0.1) is 11.6 Å². The molecule has 1 rings (SSSR count). The highest BCUT2D eigenvalue weighted by Gasteiger charge is 2.08. The second-order valence-electron chi connectivity index (χ2n) is 2.22. The number of hydrogen-bond acceptors (Lipinski definition) is 3. The number of hydrogen-bond donors (Lipinski definition) is 0. The Morgan fingerprint density at radius 2 is 2.25 bits per heavy atom. The van der Waals surface area contributed by atoms with Gasteiger partial charge in [-0.05, 0) is 13.2 Å². The van der Waals surface area contributed by atoms with Gasteiger partial charge in [0.2, 0.25) is 0 Å². The zero-order chi connectivity index (χ0) is 9.14. The summed E-state index contributed by atoms with van der Waals surface area (Å²) in [5.74, 6) is 0. The molecular weight excluding hydrogens is 215 g/mol. The minimum Gasteiger partial charge on any atom is -0.231 e. The van der Waals surface area contributed by atoms with Gasteiger partial charge in [0.05, 0.1) is 5.38 Å². The van der Waals surface area contributed by atoms with E-state index in [4.69, 9.17) is 23.2 Å². The van der Waals surface area contributed by atoms with E-state index < -0.39 is 0 Å². The lowest BCUT2D eigenvalue weighted by Crippen LogP contribution is -1.93. The van der Waals surface area contributed by atoms with Crippen LogP contribution in [0, 0.1) is 0 Å². The number of rotatable bonds is 2. The molecule has 1 unspecified atom stereocenters. The van der Waals surface area contributed by atoms with Crippen LogP contribution in [0.5, 0.6) is 0 Å². The molecule has 0 amide bonds. The molecule has 0 aliphatic rings. The van der Waals surface area contributed by atoms with Gasteiger partial charge in [-0.2, -0.15) is 0 Å². The van der Waals surface area contributed by atoms with Crippen molar-refractivity contribution in [3.8, 4) is 0 Å². The number of aromatic nitrogens is 2. The third-order valence-corrected chi connectivity index (χ3v) is 2.46. The minimum absolute atomic E-state index is 0.145. The largest absolute Gasteiger partial charge is 0.231 e. The van der Waals surface area contributed by atoms with Crippen molar-refractivity contribution in [3.63, 3.8) is 0 Å². The average Bonchev–Trinajstić information content (AvgIpc) is 2.03. The lowest BCUT2D eigenvalue weighted by molar-refractivity contribution is 0.917. The van der Waals surface area contributed by atoms with Crippen molar-refractivity contribution in [2.24, 2.45) is 0 Å². The van der Waals surface area contributed by atoms with Gasteiger partial charge in [0.15, 0.2) is 5.16 Å². The van der Waals surface area contributed by atoms with E-state index in [1.807, 2.05) is 13.2 Å². The van der Waals surface area contributed by atoms with Gasteiger partial charge in [0.1, 0.15) is 5.15 Å². The van der Waals surface area contributed by atoms with Crippen LogP contribution < -0.4 is 0 Å². The van der Waals surface area contributed by atoms with Crippen LogP contribution in [0.25, 0.3) is 0 Å². The monoisotopic (exact) mass is 222 g/mol. The van der Waals surface area contributed by atoms with E-state index in [0.717, 1.165) is 5.56 Å². The van der Waals surface area contributed by atoms with Gasteiger partial charge in [-0.3, -0.25) is 0 Å². The van der Waals surface area contributed by atoms with Crippen LogP contribution in [0.1, 0.15) is 17.9 Å². The van der Waals surface area contributed by atoms with Gasteiger partial charge in [-0.1, -0.05) is 23.4 Å². The number of alkyl halides is 1. The van der Waals surface area contributed by atoms with Crippen molar-refractivity contribution in [2.45, 2.75) is 17.5 Å². The van der Waals surface area contributed by atoms with Gasteiger partial charge in [0, 0.05) is 11.8 Å². The first-order valence-corrected chi connectivity index (χ1v) is 5.39. The summed E-state index contributed by atoms with van der Waals surface area (Å²) < 4.78 is 0. The molecule has 0 bridgehead atoms. The fraction of sp³-hybridized carbons (Fsp3) is 0.429. The summed E-state index contributed by atoms with van der Waals surface area (Å²) in [6, 6.07) is 0. The maximum atomic E-state index is 5.85. The quantitative estimate of drug-likeness (QED) is 0.333. The molecule has 1 aromatic heterocycles. The first-order chi connectivity index (χ1) is 5.65. The Balaban J connectivity index is 3.03. The zero-order valence-electron chi connectivity index (χ0n) is 6.71. The molecule has 0 saturated heterocycles. The molecule has 66 valence electrons. The number of halogens is 2. The minimum atomic E-state index is -0.145. The van der Waals surface area contributed by atoms with E-state index in [1.54, 1.807) is 6.20 Å². The molecule has 1 heterocycles. The van der Waals surface area contributed by atoms with Crippen LogP contribution in [0.15, 0.2) is 11.4 Å². The molecular formula is C7H8Cl2N2S. The molecule has 2 nitrogen and oxygen atoms in total. The van der Waals surface area contributed by atoms with Crippen LogP contribution in [0.2, 0.25) is 5.15 Å². The Bertz CT molecular complexity index is 278. The van der Waals surface area contributed by atoms with Crippen LogP contribution in [-0.4, -0.2) is 16.2 Å². The summed E-state index contributed by atoms with van der Waals surface area (Å²) in [4.78, 5) is 8.11. The lowest BCUT2D eigenvalue weighted by Gasteiger charge is -2.04. The van der Waals surface area contributed by atoms with Crippen LogP contribution in [0.3, 0.4) is 0 Å². The standard InChI is InChI=1S/C7H8Cl2N2S/c1-4(8)5-3-10-7(12-2)11-6(5)9/h3-4H,1-2H3. The Kier molecular flexibility index (Phi) is 3.62. The molecule has 0 aliphatic heterocycles. The summed E-state index contributed by atoms with van der Waals surface area (Å²) in [5, 5.41) is 0.964. The topological polar surface area (TPSA) is 25.8 Å². The molecule has 0 fully saturated rings. The van der Waals surface area contributed by atoms with Gasteiger partial charge >= 0.3 is 0 Å². The van der Waals surface area contributed by atoms with E-state index in [9.17, 15) is 0 Å². The van der Waals surface area contributed by atoms with Gasteiger partial charge in [0.25, 0.3) is 0 Å². The van der Waals surface area contributed by atoms with Crippen molar-refractivity contribution in [3.05, 3.63) is 16.9 Å². The molecule has 1 aromatic rings. The van der Waals surface area contributed by atoms with Crippen LogP contribution in [0.4, 0.5) is 0 Å². The van der Waals surface area contributed by atoms with Crippen molar-refractivity contribution >= 4 is 35.0 Å². The van der Waals surface area contributed by atoms with Crippen molar-refractivity contribution in [1.29, 1.82) is 0 Å². The van der Waals surface area contributed by atoms with E-state index in [1.165, 1.54) is 11.8 Å². The van der Waals surface area contributed by atoms with E-state index >= 15 is 0 Å². The Morgan fingerprint density at radius 3 is 2.67 bits per heavy atom. The fourth-order valence-corrected chi connectivity index (χ4v) is 1.62. The predicted molar refractivity (Wildman–Crippen MR) is 53.1 cm³/mol. The van der Waals surface area contributed by atoms with Crippen molar-refractivity contribution in [1.82, 2.24) is 9.97 Å². The first kappa shape index (κ1) is 10.1. The Hall–Kier alpha value is 0.01000. The molecule has 0 aliphatic carbocycles. The Labute approximate surface area is 85.7 Å². The third kappa shape index (κ3) is 2.25. The van der Waals surface area contributed by atoms with Crippen molar-refractivity contribution < 1.29 is 0 Å². The summed E-state index contributed by atoms with van der Waals surface area (Å²) in [6.07, 6.45) is 3.56. The van der Waals surface area contributed by atoms with Crippen molar-refractivity contribution in [2.75, 3.05) is 6.26 Å². The molecule has 5 heteroatoms. The molecule has 0 spiro atoms. The highest BCUT2D eigenvalue weighted by atomic mass is 35.5. The summed E-state index contributed by atoms with van der Waals surface area (Å²) in [7, 11) is 0. The molecule has 0 N–H and O–H groups in total. The second kappa shape index (κ2) is 4.30. The maximum absolute atomic E-state index is 5.85. The molecule has 0 aromatic carbocycles. The smallest absolute Gasteiger partial charge is 0.188 e. The van der Waals surface area contributed by atoms with E-state index in [2.05, 4.69) is 9.97 Å². The normalized spacial score (nSPS) is 13.0. The molecule has 1 atom stereocenters. The fourth-order valence-electron chi connectivity index (χ4n) is 0.721. The number of nitrogens with zero attached hydrogens (tertiary/aromatic N) is 2. The molecule has 12 heavy (non-hydrogen) atoms. The lowest BCUT2D eigenvalue weighted by atomic mass is 10.3.